The van der Waals surface area contributed by atoms with Crippen LogP contribution in [0.1, 0.15) is 38.5 Å². The van der Waals surface area contributed by atoms with Crippen LogP contribution in [0.3, 0.4) is 0 Å². The molecule has 1 saturated carbocycles. The van der Waals surface area contributed by atoms with Crippen molar-refractivity contribution in [3.05, 3.63) is 0 Å². The minimum atomic E-state index is -0.615. The van der Waals surface area contributed by atoms with Crippen molar-refractivity contribution < 1.29 is 14.6 Å². The Balaban J connectivity index is 1.52. The van der Waals surface area contributed by atoms with E-state index in [4.69, 9.17) is 4.74 Å². The molecule has 2 aliphatic heterocycles. The molecular formula is C16H28N2O3. The lowest BCUT2D eigenvalue weighted by atomic mass is 9.85. The summed E-state index contributed by atoms with van der Waals surface area (Å²) in [7, 11) is 0. The Morgan fingerprint density at radius 1 is 1.14 bits per heavy atom. The normalized spacial score (nSPS) is 34.8. The first-order valence-corrected chi connectivity index (χ1v) is 8.54. The average molecular weight is 296 g/mol. The highest BCUT2D eigenvalue weighted by Gasteiger charge is 2.44. The minimum absolute atomic E-state index is 0.234. The second kappa shape index (κ2) is 7.07. The molecule has 3 rings (SSSR count). The smallest absolute Gasteiger partial charge is 0.320 e. The molecule has 0 radical (unpaired) electrons. The summed E-state index contributed by atoms with van der Waals surface area (Å²) in [6.45, 7) is 5.74. The number of ether oxygens (including phenoxy) is 1. The molecule has 0 amide bonds. The number of nitrogens with zero attached hydrogens (tertiary/aromatic N) is 2. The molecule has 0 aromatic rings. The Bertz CT molecular complexity index is 357. The number of fused-ring (bicyclic) bond motifs is 1. The fraction of sp³-hybridized carbons (Fsp3) is 0.938. The highest BCUT2D eigenvalue weighted by molar-refractivity contribution is 5.74. The first kappa shape index (κ1) is 15.3. The molecule has 3 unspecified atom stereocenters. The molecule has 21 heavy (non-hydrogen) atoms. The van der Waals surface area contributed by atoms with Crippen molar-refractivity contribution in [1.29, 1.82) is 0 Å². The molecule has 5 heteroatoms. The average Bonchev–Trinajstić information content (AvgIpc) is 2.88. The largest absolute Gasteiger partial charge is 0.480 e. The van der Waals surface area contributed by atoms with Crippen LogP contribution >= 0.6 is 0 Å². The van der Waals surface area contributed by atoms with E-state index in [0.29, 0.717) is 12.0 Å². The van der Waals surface area contributed by atoms with Gasteiger partial charge in [0, 0.05) is 25.7 Å². The van der Waals surface area contributed by atoms with Gasteiger partial charge in [0.15, 0.2) is 0 Å². The lowest BCUT2D eigenvalue weighted by Gasteiger charge is -2.34. The predicted octanol–water partition coefficient (Wildman–Crippen LogP) is 1.43. The van der Waals surface area contributed by atoms with Gasteiger partial charge in [-0.05, 0) is 38.1 Å². The maximum Gasteiger partial charge on any atom is 0.320 e. The molecule has 3 fully saturated rings. The number of hydrogen-bond acceptors (Lipinski definition) is 4. The van der Waals surface area contributed by atoms with Gasteiger partial charge in [-0.25, -0.2) is 0 Å². The molecular weight excluding hydrogens is 268 g/mol. The second-order valence-electron chi connectivity index (χ2n) is 6.75. The number of carboxylic acid groups (broad SMARTS) is 1. The van der Waals surface area contributed by atoms with Gasteiger partial charge in [0.25, 0.3) is 0 Å². The van der Waals surface area contributed by atoms with Gasteiger partial charge in [0.05, 0.1) is 13.2 Å². The van der Waals surface area contributed by atoms with Crippen molar-refractivity contribution in [2.45, 2.75) is 50.6 Å². The maximum atomic E-state index is 11.6. The number of hydrogen-bond donors (Lipinski definition) is 1. The van der Waals surface area contributed by atoms with Gasteiger partial charge in [0.1, 0.15) is 6.04 Å². The Morgan fingerprint density at radius 2 is 1.90 bits per heavy atom. The zero-order valence-corrected chi connectivity index (χ0v) is 12.9. The van der Waals surface area contributed by atoms with Gasteiger partial charge in [-0.3, -0.25) is 14.6 Å². The lowest BCUT2D eigenvalue weighted by Crippen LogP contribution is -2.44. The quantitative estimate of drug-likeness (QED) is 0.832. The van der Waals surface area contributed by atoms with Crippen LogP contribution in [0.2, 0.25) is 0 Å². The van der Waals surface area contributed by atoms with Crippen LogP contribution in [0.4, 0.5) is 0 Å². The van der Waals surface area contributed by atoms with Gasteiger partial charge < -0.3 is 9.84 Å². The zero-order chi connectivity index (χ0) is 14.7. The van der Waals surface area contributed by atoms with Crippen LogP contribution in [-0.4, -0.2) is 72.4 Å². The zero-order valence-electron chi connectivity index (χ0n) is 12.9. The molecule has 0 spiro atoms. The van der Waals surface area contributed by atoms with E-state index < -0.39 is 5.97 Å². The molecule has 1 N–H and O–H groups in total. The van der Waals surface area contributed by atoms with Gasteiger partial charge in [0.2, 0.25) is 0 Å². The van der Waals surface area contributed by atoms with Crippen LogP contribution in [0.5, 0.6) is 0 Å². The third kappa shape index (κ3) is 3.58. The molecule has 1 aliphatic carbocycles. The number of aliphatic carboxylic acids is 1. The van der Waals surface area contributed by atoms with E-state index in [1.807, 2.05) is 0 Å². The van der Waals surface area contributed by atoms with Crippen molar-refractivity contribution in [2.24, 2.45) is 5.92 Å². The summed E-state index contributed by atoms with van der Waals surface area (Å²) in [5.74, 6) is 0.0130. The summed E-state index contributed by atoms with van der Waals surface area (Å²) in [6, 6.07) is 0.298. The monoisotopic (exact) mass is 296 g/mol. The van der Waals surface area contributed by atoms with Crippen molar-refractivity contribution in [3.63, 3.8) is 0 Å². The van der Waals surface area contributed by atoms with E-state index in [0.717, 1.165) is 52.2 Å². The number of rotatable bonds is 5. The fourth-order valence-corrected chi connectivity index (χ4v) is 4.42. The van der Waals surface area contributed by atoms with Gasteiger partial charge in [-0.15, -0.1) is 0 Å². The van der Waals surface area contributed by atoms with E-state index in [-0.39, 0.29) is 6.04 Å². The van der Waals surface area contributed by atoms with Crippen molar-refractivity contribution in [1.82, 2.24) is 9.80 Å². The van der Waals surface area contributed by atoms with Crippen LogP contribution < -0.4 is 0 Å². The van der Waals surface area contributed by atoms with E-state index >= 15 is 0 Å². The fourth-order valence-electron chi connectivity index (χ4n) is 4.42. The first-order valence-electron chi connectivity index (χ1n) is 8.54. The molecule has 5 nitrogen and oxygen atoms in total. The molecule has 120 valence electrons. The van der Waals surface area contributed by atoms with E-state index in [1.165, 1.54) is 25.7 Å². The number of morpholine rings is 1. The third-order valence-corrected chi connectivity index (χ3v) is 5.50. The highest BCUT2D eigenvalue weighted by atomic mass is 16.5. The SMILES string of the molecule is O=C(O)C1CC2CCCCC2N1CCCN1CCOCC1. The summed E-state index contributed by atoms with van der Waals surface area (Å²) in [5, 5.41) is 9.51. The van der Waals surface area contributed by atoms with Crippen LogP contribution in [0.15, 0.2) is 0 Å². The van der Waals surface area contributed by atoms with E-state index in [2.05, 4.69) is 9.80 Å². The Morgan fingerprint density at radius 3 is 2.67 bits per heavy atom. The lowest BCUT2D eigenvalue weighted by molar-refractivity contribution is -0.142. The van der Waals surface area contributed by atoms with Crippen LogP contribution in [0, 0.1) is 5.92 Å². The Labute approximate surface area is 127 Å². The van der Waals surface area contributed by atoms with Gasteiger partial charge in [-0.2, -0.15) is 0 Å². The number of carbonyl (C=O) groups is 1. The first-order chi connectivity index (χ1) is 10.3. The molecule has 2 saturated heterocycles. The summed E-state index contributed by atoms with van der Waals surface area (Å²) in [5.41, 5.74) is 0. The summed E-state index contributed by atoms with van der Waals surface area (Å²) >= 11 is 0. The Kier molecular flexibility index (Phi) is 5.14. The topological polar surface area (TPSA) is 53.0 Å². The van der Waals surface area contributed by atoms with Crippen molar-refractivity contribution >= 4 is 5.97 Å². The van der Waals surface area contributed by atoms with Crippen molar-refractivity contribution in [3.8, 4) is 0 Å². The standard InChI is InChI=1S/C16H28N2O3/c19-16(20)15-12-13-4-1-2-5-14(13)18(15)7-3-6-17-8-10-21-11-9-17/h13-15H,1-12H2,(H,19,20). The highest BCUT2D eigenvalue weighted by Crippen LogP contribution is 2.39. The molecule has 2 heterocycles. The van der Waals surface area contributed by atoms with Crippen LogP contribution in [0.25, 0.3) is 0 Å². The third-order valence-electron chi connectivity index (χ3n) is 5.50. The van der Waals surface area contributed by atoms with E-state index in [9.17, 15) is 9.90 Å². The predicted molar refractivity (Wildman–Crippen MR) is 80.4 cm³/mol. The molecule has 3 aliphatic rings. The van der Waals surface area contributed by atoms with E-state index in [1.54, 1.807) is 0 Å². The summed E-state index contributed by atoms with van der Waals surface area (Å²) in [6.07, 6.45) is 6.94. The molecule has 3 atom stereocenters. The molecule has 0 bridgehead atoms. The molecule has 0 aromatic heterocycles. The molecule has 0 aromatic carbocycles. The summed E-state index contributed by atoms with van der Waals surface area (Å²) in [4.78, 5) is 16.3. The maximum absolute atomic E-state index is 11.6. The van der Waals surface area contributed by atoms with Crippen LogP contribution in [-0.2, 0) is 9.53 Å². The van der Waals surface area contributed by atoms with Gasteiger partial charge in [-0.1, -0.05) is 12.8 Å². The Hall–Kier alpha value is -0.650. The minimum Gasteiger partial charge on any atom is -0.480 e. The number of carboxylic acids is 1. The second-order valence-corrected chi connectivity index (χ2v) is 6.75. The van der Waals surface area contributed by atoms with Gasteiger partial charge >= 0.3 is 5.97 Å². The van der Waals surface area contributed by atoms with Crippen molar-refractivity contribution in [2.75, 3.05) is 39.4 Å². The summed E-state index contributed by atoms with van der Waals surface area (Å²) < 4.78 is 5.37. The number of likely N-dealkylation sites (tertiary alicyclic amines) is 1.